The Morgan fingerprint density at radius 1 is 0.667 bits per heavy atom. The molecule has 0 amide bonds. The maximum absolute atomic E-state index is 4.57. The van der Waals surface area contributed by atoms with Crippen LogP contribution < -0.4 is 0 Å². The largest absolute Gasteiger partial charge is 0.275 e. The van der Waals surface area contributed by atoms with Crippen molar-refractivity contribution >= 4 is 0 Å². The second-order valence-electron chi connectivity index (χ2n) is 6.65. The second kappa shape index (κ2) is 8.00. The number of aromatic nitrogens is 3. The van der Waals surface area contributed by atoms with Crippen LogP contribution in [-0.2, 0) is 6.42 Å². The van der Waals surface area contributed by atoms with Gasteiger partial charge in [0.1, 0.15) is 0 Å². The third kappa shape index (κ3) is 3.54. The monoisotopic (exact) mass is 353 g/mol. The normalized spacial score (nSPS) is 10.9. The number of nitrogens with zero attached hydrogens (tertiary/aromatic N) is 3. The van der Waals surface area contributed by atoms with Gasteiger partial charge >= 0.3 is 0 Å². The van der Waals surface area contributed by atoms with Crippen LogP contribution in [0.15, 0.2) is 84.9 Å². The molecule has 0 saturated carbocycles. The summed E-state index contributed by atoms with van der Waals surface area (Å²) >= 11 is 0. The predicted molar refractivity (Wildman–Crippen MR) is 111 cm³/mol. The van der Waals surface area contributed by atoms with Crippen LogP contribution in [0.4, 0.5) is 0 Å². The van der Waals surface area contributed by atoms with Crippen molar-refractivity contribution in [2.75, 3.05) is 0 Å². The average Bonchev–Trinajstić information content (AvgIpc) is 3.18. The summed E-state index contributed by atoms with van der Waals surface area (Å²) in [6.45, 7) is 2.23. The van der Waals surface area contributed by atoms with Gasteiger partial charge in [0.2, 0.25) is 0 Å². The van der Waals surface area contributed by atoms with Crippen LogP contribution in [0.1, 0.15) is 25.3 Å². The Balaban J connectivity index is 1.94. The summed E-state index contributed by atoms with van der Waals surface area (Å²) in [5, 5.41) is 9.15. The minimum absolute atomic E-state index is 0.874. The smallest absolute Gasteiger partial charge is 0.168 e. The highest BCUT2D eigenvalue weighted by Crippen LogP contribution is 2.30. The number of hydrogen-bond donors (Lipinski definition) is 0. The van der Waals surface area contributed by atoms with Gasteiger partial charge in [0.15, 0.2) is 11.6 Å². The first-order valence-corrected chi connectivity index (χ1v) is 9.53. The molecule has 0 fully saturated rings. The summed E-state index contributed by atoms with van der Waals surface area (Å²) in [7, 11) is 0. The molecule has 0 saturated heterocycles. The number of aryl methyl sites for hydroxylation is 1. The Morgan fingerprint density at radius 2 is 1.19 bits per heavy atom. The van der Waals surface area contributed by atoms with Crippen LogP contribution in [0.2, 0.25) is 0 Å². The van der Waals surface area contributed by atoms with E-state index in [0.29, 0.717) is 0 Å². The van der Waals surface area contributed by atoms with Crippen LogP contribution in [0.25, 0.3) is 28.5 Å². The van der Waals surface area contributed by atoms with E-state index in [1.165, 1.54) is 18.4 Å². The Labute approximate surface area is 160 Å². The Hall–Kier alpha value is -3.20. The predicted octanol–water partition coefficient (Wildman–Crippen LogP) is 5.94. The van der Waals surface area contributed by atoms with E-state index < -0.39 is 0 Å². The van der Waals surface area contributed by atoms with Gasteiger partial charge in [-0.3, -0.25) is 4.57 Å². The summed E-state index contributed by atoms with van der Waals surface area (Å²) in [5.41, 5.74) is 4.62. The van der Waals surface area contributed by atoms with E-state index in [-0.39, 0.29) is 0 Å². The zero-order valence-corrected chi connectivity index (χ0v) is 15.5. The summed E-state index contributed by atoms with van der Waals surface area (Å²) in [4.78, 5) is 0. The lowest BCUT2D eigenvalue weighted by molar-refractivity contribution is 0.789. The molecule has 0 N–H and O–H groups in total. The van der Waals surface area contributed by atoms with E-state index in [9.17, 15) is 0 Å². The van der Waals surface area contributed by atoms with Gasteiger partial charge in [0, 0.05) is 11.1 Å². The van der Waals surface area contributed by atoms with Crippen molar-refractivity contribution in [2.45, 2.75) is 26.2 Å². The van der Waals surface area contributed by atoms with Gasteiger partial charge in [-0.15, -0.1) is 10.2 Å². The van der Waals surface area contributed by atoms with Crippen molar-refractivity contribution in [3.63, 3.8) is 0 Å². The molecule has 3 heteroatoms. The standard InChI is InChI=1S/C24H23N3/c1-2-3-12-19-13-10-11-18-22(19)27-23(20-14-6-4-7-15-20)25-26-24(27)21-16-8-5-9-17-21/h4-11,13-18H,2-3,12H2,1H3. The van der Waals surface area contributed by atoms with Gasteiger partial charge < -0.3 is 0 Å². The molecule has 3 aromatic carbocycles. The van der Waals surface area contributed by atoms with E-state index in [4.69, 9.17) is 0 Å². The highest BCUT2D eigenvalue weighted by atomic mass is 15.3. The number of rotatable bonds is 6. The Morgan fingerprint density at radius 3 is 1.74 bits per heavy atom. The van der Waals surface area contributed by atoms with Gasteiger partial charge in [-0.2, -0.15) is 0 Å². The molecule has 0 aliphatic heterocycles. The summed E-state index contributed by atoms with van der Waals surface area (Å²) in [6.07, 6.45) is 3.39. The molecular formula is C24H23N3. The fourth-order valence-corrected chi connectivity index (χ4v) is 3.37. The first kappa shape index (κ1) is 17.2. The highest BCUT2D eigenvalue weighted by Gasteiger charge is 2.18. The topological polar surface area (TPSA) is 30.7 Å². The molecule has 0 spiro atoms. The molecule has 27 heavy (non-hydrogen) atoms. The maximum atomic E-state index is 4.57. The van der Waals surface area contributed by atoms with Crippen LogP contribution in [0.3, 0.4) is 0 Å². The van der Waals surface area contributed by atoms with Crippen molar-refractivity contribution in [1.29, 1.82) is 0 Å². The molecule has 4 rings (SSSR count). The second-order valence-corrected chi connectivity index (χ2v) is 6.65. The van der Waals surface area contributed by atoms with Gasteiger partial charge in [-0.1, -0.05) is 92.2 Å². The van der Waals surface area contributed by atoms with Crippen molar-refractivity contribution in [3.8, 4) is 28.5 Å². The molecule has 0 aliphatic rings. The van der Waals surface area contributed by atoms with E-state index in [2.05, 4.69) is 70.2 Å². The summed E-state index contributed by atoms with van der Waals surface area (Å²) < 4.78 is 2.20. The third-order valence-corrected chi connectivity index (χ3v) is 4.76. The van der Waals surface area contributed by atoms with Gasteiger partial charge in [-0.25, -0.2) is 0 Å². The molecule has 0 bridgehead atoms. The van der Waals surface area contributed by atoms with Gasteiger partial charge in [-0.05, 0) is 24.5 Å². The lowest BCUT2D eigenvalue weighted by Gasteiger charge is -2.15. The van der Waals surface area contributed by atoms with Gasteiger partial charge in [0.05, 0.1) is 5.69 Å². The molecule has 0 unspecified atom stereocenters. The Bertz CT molecular complexity index is 947. The minimum Gasteiger partial charge on any atom is -0.275 e. The Kier molecular flexibility index (Phi) is 5.10. The lowest BCUT2D eigenvalue weighted by Crippen LogP contribution is -2.04. The molecule has 1 heterocycles. The third-order valence-electron chi connectivity index (χ3n) is 4.76. The van der Waals surface area contributed by atoms with Crippen molar-refractivity contribution in [1.82, 2.24) is 14.8 Å². The molecule has 3 nitrogen and oxygen atoms in total. The number of benzene rings is 3. The summed E-state index contributed by atoms with van der Waals surface area (Å²) in [5.74, 6) is 1.75. The van der Waals surface area contributed by atoms with E-state index in [1.54, 1.807) is 0 Å². The molecule has 0 radical (unpaired) electrons. The zero-order chi connectivity index (χ0) is 18.5. The average molecular weight is 353 g/mol. The minimum atomic E-state index is 0.874. The first-order valence-electron chi connectivity index (χ1n) is 9.53. The lowest BCUT2D eigenvalue weighted by atomic mass is 10.1. The van der Waals surface area contributed by atoms with Gasteiger partial charge in [0.25, 0.3) is 0 Å². The quantitative estimate of drug-likeness (QED) is 0.429. The maximum Gasteiger partial charge on any atom is 0.168 e. The summed E-state index contributed by atoms with van der Waals surface area (Å²) in [6, 6.07) is 29.2. The zero-order valence-electron chi connectivity index (χ0n) is 15.5. The van der Waals surface area contributed by atoms with Crippen molar-refractivity contribution in [3.05, 3.63) is 90.5 Å². The van der Waals surface area contributed by atoms with Crippen LogP contribution in [0.5, 0.6) is 0 Å². The highest BCUT2D eigenvalue weighted by molar-refractivity contribution is 5.67. The molecule has 0 atom stereocenters. The van der Waals surface area contributed by atoms with E-state index in [1.807, 2.05) is 36.4 Å². The van der Waals surface area contributed by atoms with Crippen LogP contribution >= 0.6 is 0 Å². The molecule has 1 aromatic heterocycles. The fraction of sp³-hybridized carbons (Fsp3) is 0.167. The van der Waals surface area contributed by atoms with Crippen molar-refractivity contribution < 1.29 is 0 Å². The van der Waals surface area contributed by atoms with E-state index >= 15 is 0 Å². The number of para-hydroxylation sites is 1. The molecule has 4 aromatic rings. The van der Waals surface area contributed by atoms with Crippen LogP contribution in [-0.4, -0.2) is 14.8 Å². The van der Waals surface area contributed by atoms with Crippen molar-refractivity contribution in [2.24, 2.45) is 0 Å². The molecule has 0 aliphatic carbocycles. The fourth-order valence-electron chi connectivity index (χ4n) is 3.37. The van der Waals surface area contributed by atoms with E-state index in [0.717, 1.165) is 34.9 Å². The SMILES string of the molecule is CCCCc1ccccc1-n1c(-c2ccccc2)nnc1-c1ccccc1. The number of hydrogen-bond acceptors (Lipinski definition) is 2. The van der Waals surface area contributed by atoms with Crippen LogP contribution in [0, 0.1) is 0 Å². The molecular weight excluding hydrogens is 330 g/mol. The molecule has 134 valence electrons. The first-order chi connectivity index (χ1) is 13.4. The number of unbranched alkanes of at least 4 members (excludes halogenated alkanes) is 1.